The van der Waals surface area contributed by atoms with Crippen molar-refractivity contribution in [3.63, 3.8) is 0 Å². The summed E-state index contributed by atoms with van der Waals surface area (Å²) in [5.41, 5.74) is 3.14. The van der Waals surface area contributed by atoms with Crippen LogP contribution in [-0.4, -0.2) is 54.2 Å². The van der Waals surface area contributed by atoms with Gasteiger partial charge < -0.3 is 15.1 Å². The average Bonchev–Trinajstić information content (AvgIpc) is 3.16. The second-order valence-corrected chi connectivity index (χ2v) is 7.92. The van der Waals surface area contributed by atoms with Gasteiger partial charge in [0, 0.05) is 44.5 Å². The van der Waals surface area contributed by atoms with Crippen molar-refractivity contribution in [2.45, 2.75) is 38.9 Å². The monoisotopic (exact) mass is 379 g/mol. The highest BCUT2D eigenvalue weighted by Crippen LogP contribution is 2.34. The molecule has 0 saturated carbocycles. The van der Waals surface area contributed by atoms with Gasteiger partial charge in [0.15, 0.2) is 0 Å². The van der Waals surface area contributed by atoms with E-state index in [0.29, 0.717) is 18.6 Å². The molecule has 2 aromatic rings. The molecule has 1 N–H and O–H groups in total. The van der Waals surface area contributed by atoms with E-state index in [2.05, 4.69) is 41.2 Å². The average molecular weight is 380 g/mol. The Bertz CT molecular complexity index is 810. The number of anilines is 2. The van der Waals surface area contributed by atoms with Crippen LogP contribution in [-0.2, 0) is 6.54 Å². The van der Waals surface area contributed by atoms with E-state index >= 15 is 0 Å². The van der Waals surface area contributed by atoms with Crippen LogP contribution in [0.2, 0.25) is 0 Å². The smallest absolute Gasteiger partial charge is 0.324 e. The third-order valence-electron chi connectivity index (χ3n) is 5.44. The van der Waals surface area contributed by atoms with Crippen LogP contribution >= 0.6 is 0 Å². The van der Waals surface area contributed by atoms with Crippen LogP contribution in [0, 0.1) is 0 Å². The topological polar surface area (TPSA) is 51.7 Å². The van der Waals surface area contributed by atoms with Gasteiger partial charge in [0.1, 0.15) is 0 Å². The lowest BCUT2D eigenvalue weighted by molar-refractivity contribution is 0.214. The van der Waals surface area contributed by atoms with E-state index in [9.17, 15) is 4.79 Å². The second-order valence-electron chi connectivity index (χ2n) is 7.92. The largest absolute Gasteiger partial charge is 0.362 e. The molecule has 1 atom stereocenters. The molecular weight excluding hydrogens is 350 g/mol. The number of likely N-dealkylation sites (tertiary alicyclic amines) is 1. The molecule has 6 nitrogen and oxygen atoms in total. The first kappa shape index (κ1) is 18.7. The molecule has 0 aliphatic carbocycles. The maximum atomic E-state index is 13.3. The molecule has 0 spiro atoms. The summed E-state index contributed by atoms with van der Waals surface area (Å²) < 4.78 is 0. The number of pyridine rings is 1. The van der Waals surface area contributed by atoms with Gasteiger partial charge >= 0.3 is 6.03 Å². The van der Waals surface area contributed by atoms with E-state index in [0.717, 1.165) is 49.7 Å². The number of amides is 2. The molecule has 1 aromatic heterocycles. The van der Waals surface area contributed by atoms with Crippen LogP contribution in [0.5, 0.6) is 0 Å². The highest BCUT2D eigenvalue weighted by molar-refractivity contribution is 5.97. The number of aromatic nitrogens is 1. The summed E-state index contributed by atoms with van der Waals surface area (Å²) in [6, 6.07) is 15.2. The van der Waals surface area contributed by atoms with Crippen LogP contribution in [0.3, 0.4) is 0 Å². The Morgan fingerprint density at radius 1 is 1.11 bits per heavy atom. The number of nitrogens with one attached hydrogen (secondary N) is 1. The number of carbonyl (C=O) groups excluding carboxylic acids is 1. The Hall–Kier alpha value is -2.60. The molecule has 0 radical (unpaired) electrons. The summed E-state index contributed by atoms with van der Waals surface area (Å²) in [6.07, 6.45) is 2.85. The minimum absolute atomic E-state index is 0.123. The highest BCUT2D eigenvalue weighted by Gasteiger charge is 2.33. The van der Waals surface area contributed by atoms with Gasteiger partial charge in [-0.1, -0.05) is 32.0 Å². The number of hydrogen-bond donors (Lipinski definition) is 1. The number of rotatable bonds is 4. The summed E-state index contributed by atoms with van der Waals surface area (Å²) in [4.78, 5) is 24.0. The van der Waals surface area contributed by atoms with Gasteiger partial charge in [-0.3, -0.25) is 9.88 Å². The van der Waals surface area contributed by atoms with Crippen LogP contribution in [0.25, 0.3) is 0 Å². The number of hydrogen-bond acceptors (Lipinski definition) is 4. The van der Waals surface area contributed by atoms with Gasteiger partial charge in [0.2, 0.25) is 0 Å². The van der Waals surface area contributed by atoms with Crippen molar-refractivity contribution in [3.8, 4) is 0 Å². The summed E-state index contributed by atoms with van der Waals surface area (Å²) in [5, 5.41) is 3.56. The lowest BCUT2D eigenvalue weighted by Crippen LogP contribution is -2.49. The first-order valence-corrected chi connectivity index (χ1v) is 10.2. The molecule has 0 bridgehead atoms. The Balaban J connectivity index is 1.50. The first-order chi connectivity index (χ1) is 13.6. The number of para-hydroxylation sites is 2. The molecule has 1 unspecified atom stereocenters. The van der Waals surface area contributed by atoms with E-state index in [4.69, 9.17) is 0 Å². The van der Waals surface area contributed by atoms with E-state index < -0.39 is 0 Å². The number of nitrogens with zero attached hydrogens (tertiary/aromatic N) is 4. The molecule has 3 heterocycles. The maximum absolute atomic E-state index is 13.3. The lowest BCUT2D eigenvalue weighted by Gasteiger charge is -2.39. The van der Waals surface area contributed by atoms with Crippen molar-refractivity contribution in [2.24, 2.45) is 0 Å². The van der Waals surface area contributed by atoms with Crippen LogP contribution in [0.4, 0.5) is 16.2 Å². The zero-order valence-corrected chi connectivity index (χ0v) is 16.7. The van der Waals surface area contributed by atoms with Crippen molar-refractivity contribution in [3.05, 3.63) is 54.4 Å². The quantitative estimate of drug-likeness (QED) is 0.887. The van der Waals surface area contributed by atoms with Crippen molar-refractivity contribution < 1.29 is 4.79 Å². The number of benzene rings is 1. The third-order valence-corrected chi connectivity index (χ3v) is 5.44. The number of urea groups is 1. The zero-order valence-electron chi connectivity index (χ0n) is 16.7. The first-order valence-electron chi connectivity index (χ1n) is 10.2. The van der Waals surface area contributed by atoms with Gasteiger partial charge in [-0.05, 0) is 30.7 Å². The highest BCUT2D eigenvalue weighted by atomic mass is 16.2. The summed E-state index contributed by atoms with van der Waals surface area (Å²) in [7, 11) is 0. The molecule has 4 rings (SSSR count). The summed E-state index contributed by atoms with van der Waals surface area (Å²) >= 11 is 0. The summed E-state index contributed by atoms with van der Waals surface area (Å²) in [5.74, 6) is 0. The van der Waals surface area contributed by atoms with E-state index in [-0.39, 0.29) is 6.03 Å². The van der Waals surface area contributed by atoms with Crippen molar-refractivity contribution in [1.29, 1.82) is 0 Å². The zero-order chi connectivity index (χ0) is 19.5. The predicted molar refractivity (Wildman–Crippen MR) is 113 cm³/mol. The Morgan fingerprint density at radius 3 is 2.64 bits per heavy atom. The van der Waals surface area contributed by atoms with Crippen LogP contribution in [0.1, 0.15) is 26.0 Å². The maximum Gasteiger partial charge on any atom is 0.324 e. The SMILES string of the molecule is CC(C)NC1CCN(C(=O)N2CCN(Cc3ccccn3)c3ccccc32)C1. The molecule has 1 aromatic carbocycles. The molecule has 2 aliphatic rings. The molecule has 6 heteroatoms. The Morgan fingerprint density at radius 2 is 1.89 bits per heavy atom. The van der Waals surface area contributed by atoms with E-state index in [1.807, 2.05) is 46.3 Å². The molecule has 28 heavy (non-hydrogen) atoms. The second kappa shape index (κ2) is 8.19. The third kappa shape index (κ3) is 3.97. The molecule has 1 saturated heterocycles. The predicted octanol–water partition coefficient (Wildman–Crippen LogP) is 3.10. The molecule has 148 valence electrons. The fourth-order valence-corrected chi connectivity index (χ4v) is 4.18. The van der Waals surface area contributed by atoms with Gasteiger partial charge in [-0.15, -0.1) is 0 Å². The fraction of sp³-hybridized carbons (Fsp3) is 0.455. The summed E-state index contributed by atoms with van der Waals surface area (Å²) in [6.45, 7) is 8.17. The Kier molecular flexibility index (Phi) is 5.48. The standard InChI is InChI=1S/C22H29N5O/c1-17(2)24-19-10-12-26(16-19)22(28)27-14-13-25(15-18-7-5-6-11-23-18)20-8-3-4-9-21(20)27/h3-9,11,17,19,24H,10,12-16H2,1-2H3. The molecular formula is C22H29N5O. The molecule has 2 amide bonds. The van der Waals surface area contributed by atoms with Gasteiger partial charge in [0.05, 0.1) is 23.6 Å². The van der Waals surface area contributed by atoms with Gasteiger partial charge in [0.25, 0.3) is 0 Å². The Labute approximate surface area is 167 Å². The fourth-order valence-electron chi connectivity index (χ4n) is 4.18. The normalized spacial score (nSPS) is 19.2. The lowest BCUT2D eigenvalue weighted by atomic mass is 10.1. The van der Waals surface area contributed by atoms with Gasteiger partial charge in [-0.25, -0.2) is 4.79 Å². The van der Waals surface area contributed by atoms with E-state index in [1.165, 1.54) is 0 Å². The van der Waals surface area contributed by atoms with Crippen molar-refractivity contribution in [1.82, 2.24) is 15.2 Å². The van der Waals surface area contributed by atoms with Crippen LogP contribution in [0.15, 0.2) is 48.7 Å². The minimum Gasteiger partial charge on any atom is -0.362 e. The minimum atomic E-state index is 0.123. The van der Waals surface area contributed by atoms with Crippen LogP contribution < -0.4 is 15.1 Å². The van der Waals surface area contributed by atoms with Crippen molar-refractivity contribution in [2.75, 3.05) is 36.0 Å². The number of carbonyl (C=O) groups is 1. The van der Waals surface area contributed by atoms with E-state index in [1.54, 1.807) is 0 Å². The molecule has 2 aliphatic heterocycles. The van der Waals surface area contributed by atoms with Gasteiger partial charge in [-0.2, -0.15) is 0 Å². The van der Waals surface area contributed by atoms with Crippen molar-refractivity contribution >= 4 is 17.4 Å². The number of fused-ring (bicyclic) bond motifs is 1. The molecule has 1 fully saturated rings.